The van der Waals surface area contributed by atoms with E-state index >= 15 is 0 Å². The summed E-state index contributed by atoms with van der Waals surface area (Å²) in [6.07, 6.45) is 2.21. The third kappa shape index (κ3) is 3.33. The minimum atomic E-state index is -0.340. The largest absolute Gasteiger partial charge is 0.461 e. The van der Waals surface area contributed by atoms with Crippen molar-refractivity contribution >= 4 is 34.0 Å². The summed E-state index contributed by atoms with van der Waals surface area (Å²) in [4.78, 5) is 21.1. The fourth-order valence-corrected chi connectivity index (χ4v) is 5.03. The SMILES string of the molecule is CCOC(=O)c1csc(N2CCN(C3CCc4c(Cl)cccc43)CC2)n1. The Balaban J connectivity index is 1.40. The summed E-state index contributed by atoms with van der Waals surface area (Å²) in [5.41, 5.74) is 3.12. The van der Waals surface area contributed by atoms with Gasteiger partial charge in [0.1, 0.15) is 0 Å². The Morgan fingerprint density at radius 3 is 2.92 bits per heavy atom. The molecule has 0 radical (unpaired) electrons. The Labute approximate surface area is 162 Å². The molecule has 0 saturated carbocycles. The number of carbonyl (C=O) groups is 1. The number of esters is 1. The lowest BCUT2D eigenvalue weighted by Crippen LogP contribution is -2.47. The van der Waals surface area contributed by atoms with Crippen molar-refractivity contribution in [2.75, 3.05) is 37.7 Å². The number of rotatable bonds is 4. The van der Waals surface area contributed by atoms with Gasteiger partial charge < -0.3 is 9.64 Å². The van der Waals surface area contributed by atoms with Crippen molar-refractivity contribution in [1.29, 1.82) is 0 Å². The first kappa shape index (κ1) is 17.8. The zero-order valence-corrected chi connectivity index (χ0v) is 16.4. The Hall–Kier alpha value is -1.63. The number of benzene rings is 1. The number of ether oxygens (including phenoxy) is 1. The van der Waals surface area contributed by atoms with E-state index in [1.54, 1.807) is 12.3 Å². The van der Waals surface area contributed by atoms with Crippen molar-refractivity contribution < 1.29 is 9.53 Å². The summed E-state index contributed by atoms with van der Waals surface area (Å²) in [6.45, 7) is 6.00. The molecule has 1 aromatic heterocycles. The second-order valence-electron chi connectivity index (χ2n) is 6.62. The number of halogens is 1. The Kier molecular flexibility index (Phi) is 5.16. The molecule has 1 aromatic carbocycles. The fraction of sp³-hybridized carbons (Fsp3) is 0.474. The number of aromatic nitrogens is 1. The van der Waals surface area contributed by atoms with E-state index < -0.39 is 0 Å². The first-order chi connectivity index (χ1) is 12.7. The Bertz CT molecular complexity index is 802. The standard InChI is InChI=1S/C19H22ClN3O2S/c1-2-25-18(24)16-12-26-19(21-16)23-10-8-22(9-11-23)17-7-6-13-14(17)4-3-5-15(13)20/h3-5,12,17H,2,6-11H2,1H3. The highest BCUT2D eigenvalue weighted by molar-refractivity contribution is 7.13. The molecule has 0 spiro atoms. The molecular weight excluding hydrogens is 370 g/mol. The van der Waals surface area contributed by atoms with Crippen molar-refractivity contribution in [3.05, 3.63) is 45.4 Å². The van der Waals surface area contributed by atoms with Crippen LogP contribution in [-0.4, -0.2) is 48.6 Å². The van der Waals surface area contributed by atoms with Crippen molar-refractivity contribution in [1.82, 2.24) is 9.88 Å². The molecule has 0 amide bonds. The first-order valence-electron chi connectivity index (χ1n) is 9.06. The number of hydrogen-bond donors (Lipinski definition) is 0. The van der Waals surface area contributed by atoms with Crippen LogP contribution in [-0.2, 0) is 11.2 Å². The van der Waals surface area contributed by atoms with Gasteiger partial charge in [0.25, 0.3) is 0 Å². The highest BCUT2D eigenvalue weighted by atomic mass is 35.5. The quantitative estimate of drug-likeness (QED) is 0.742. The predicted octanol–water partition coefficient (Wildman–Crippen LogP) is 3.78. The lowest BCUT2D eigenvalue weighted by molar-refractivity contribution is 0.0520. The fourth-order valence-electron chi connectivity index (χ4n) is 3.90. The molecule has 1 fully saturated rings. The number of anilines is 1. The number of hydrogen-bond acceptors (Lipinski definition) is 6. The first-order valence-corrected chi connectivity index (χ1v) is 10.3. The third-order valence-electron chi connectivity index (χ3n) is 5.18. The lowest BCUT2D eigenvalue weighted by Gasteiger charge is -2.38. The van der Waals surface area contributed by atoms with Gasteiger partial charge in [-0.05, 0) is 37.0 Å². The summed E-state index contributed by atoms with van der Waals surface area (Å²) in [7, 11) is 0. The van der Waals surface area contributed by atoms with Crippen LogP contribution in [0.4, 0.5) is 5.13 Å². The molecule has 26 heavy (non-hydrogen) atoms. The molecule has 1 aliphatic carbocycles. The van der Waals surface area contributed by atoms with Crippen molar-refractivity contribution in [3.63, 3.8) is 0 Å². The zero-order chi connectivity index (χ0) is 18.1. The van der Waals surface area contributed by atoms with Crippen LogP contribution < -0.4 is 4.90 Å². The summed E-state index contributed by atoms with van der Waals surface area (Å²) >= 11 is 7.87. The summed E-state index contributed by atoms with van der Waals surface area (Å²) in [5.74, 6) is -0.340. The number of piperazine rings is 1. The number of nitrogens with zero attached hydrogens (tertiary/aromatic N) is 3. The van der Waals surface area contributed by atoms with Crippen molar-refractivity contribution in [2.24, 2.45) is 0 Å². The van der Waals surface area contributed by atoms with Crippen LogP contribution in [0.15, 0.2) is 23.6 Å². The van der Waals surface area contributed by atoms with Crippen molar-refractivity contribution in [3.8, 4) is 0 Å². The average molecular weight is 392 g/mol. The minimum Gasteiger partial charge on any atom is -0.461 e. The minimum absolute atomic E-state index is 0.340. The maximum absolute atomic E-state index is 11.8. The summed E-state index contributed by atoms with van der Waals surface area (Å²) in [5, 5.41) is 3.59. The molecule has 1 saturated heterocycles. The van der Waals surface area contributed by atoms with E-state index in [1.165, 1.54) is 22.5 Å². The van der Waals surface area contributed by atoms with Gasteiger partial charge in [0.2, 0.25) is 0 Å². The van der Waals surface area contributed by atoms with E-state index in [0.29, 0.717) is 18.3 Å². The molecule has 0 bridgehead atoms. The number of carbonyl (C=O) groups excluding carboxylic acids is 1. The van der Waals surface area contributed by atoms with Crippen LogP contribution in [0.1, 0.15) is 41.0 Å². The Morgan fingerprint density at radius 1 is 1.35 bits per heavy atom. The zero-order valence-electron chi connectivity index (χ0n) is 14.8. The third-order valence-corrected chi connectivity index (χ3v) is 6.44. The normalized spacial score (nSPS) is 20.2. The van der Waals surface area contributed by atoms with E-state index in [-0.39, 0.29) is 5.97 Å². The van der Waals surface area contributed by atoms with Crippen LogP contribution >= 0.6 is 22.9 Å². The predicted molar refractivity (Wildman–Crippen MR) is 104 cm³/mol. The van der Waals surface area contributed by atoms with Gasteiger partial charge in [0.15, 0.2) is 10.8 Å². The van der Waals surface area contributed by atoms with Gasteiger partial charge in [-0.3, -0.25) is 4.90 Å². The van der Waals surface area contributed by atoms with Gasteiger partial charge in [-0.25, -0.2) is 9.78 Å². The Morgan fingerprint density at radius 2 is 2.15 bits per heavy atom. The molecule has 1 unspecified atom stereocenters. The van der Waals surface area contributed by atoms with Crippen molar-refractivity contribution in [2.45, 2.75) is 25.8 Å². The molecule has 7 heteroatoms. The topological polar surface area (TPSA) is 45.7 Å². The molecule has 0 N–H and O–H groups in total. The molecule has 1 atom stereocenters. The van der Waals surface area contributed by atoms with E-state index in [2.05, 4.69) is 26.9 Å². The molecule has 2 heterocycles. The van der Waals surface area contributed by atoms with E-state index in [1.807, 2.05) is 6.07 Å². The smallest absolute Gasteiger partial charge is 0.357 e. The van der Waals surface area contributed by atoms with Gasteiger partial charge >= 0.3 is 5.97 Å². The number of thiazole rings is 1. The van der Waals surface area contributed by atoms with Gasteiger partial charge in [-0.1, -0.05) is 23.7 Å². The molecule has 2 aromatic rings. The average Bonchev–Trinajstić information content (AvgIpc) is 3.30. The van der Waals surface area contributed by atoms with E-state index in [9.17, 15) is 4.79 Å². The van der Waals surface area contributed by atoms with Gasteiger partial charge in [-0.15, -0.1) is 11.3 Å². The van der Waals surface area contributed by atoms with Crippen LogP contribution in [0, 0.1) is 0 Å². The summed E-state index contributed by atoms with van der Waals surface area (Å²) in [6, 6.07) is 6.74. The highest BCUT2D eigenvalue weighted by Crippen LogP contribution is 2.39. The van der Waals surface area contributed by atoms with E-state index in [4.69, 9.17) is 16.3 Å². The second kappa shape index (κ2) is 7.55. The van der Waals surface area contributed by atoms with Crippen LogP contribution in [0.2, 0.25) is 5.02 Å². The molecule has 2 aliphatic rings. The summed E-state index contributed by atoms with van der Waals surface area (Å²) < 4.78 is 5.02. The molecule has 1 aliphatic heterocycles. The molecule has 5 nitrogen and oxygen atoms in total. The van der Waals surface area contributed by atoms with Crippen LogP contribution in [0.25, 0.3) is 0 Å². The van der Waals surface area contributed by atoms with Gasteiger partial charge in [-0.2, -0.15) is 0 Å². The monoisotopic (exact) mass is 391 g/mol. The maximum atomic E-state index is 11.8. The van der Waals surface area contributed by atoms with Gasteiger partial charge in [0.05, 0.1) is 6.61 Å². The molecular formula is C19H22ClN3O2S. The van der Waals surface area contributed by atoms with Crippen LogP contribution in [0.3, 0.4) is 0 Å². The molecule has 4 rings (SSSR count). The maximum Gasteiger partial charge on any atom is 0.357 e. The number of fused-ring (bicyclic) bond motifs is 1. The lowest BCUT2D eigenvalue weighted by atomic mass is 10.1. The van der Waals surface area contributed by atoms with Crippen LogP contribution in [0.5, 0.6) is 0 Å². The van der Waals surface area contributed by atoms with E-state index in [0.717, 1.165) is 49.2 Å². The highest BCUT2D eigenvalue weighted by Gasteiger charge is 2.31. The van der Waals surface area contributed by atoms with Gasteiger partial charge in [0, 0.05) is 42.6 Å². The molecule has 138 valence electrons. The second-order valence-corrected chi connectivity index (χ2v) is 7.86.